The summed E-state index contributed by atoms with van der Waals surface area (Å²) in [5, 5.41) is 11.5. The molecule has 0 spiro atoms. The number of methoxy groups -OCH3 is 1. The van der Waals surface area contributed by atoms with Crippen molar-refractivity contribution in [2.24, 2.45) is 0 Å². The Morgan fingerprint density at radius 2 is 2.00 bits per heavy atom. The molecule has 0 bridgehead atoms. The monoisotopic (exact) mass is 421 g/mol. The Balaban J connectivity index is 1.89. The maximum atomic E-state index is 13.4. The Labute approximate surface area is 177 Å². The molecule has 8 heteroatoms. The van der Waals surface area contributed by atoms with E-state index in [1.54, 1.807) is 62.5 Å². The predicted molar refractivity (Wildman–Crippen MR) is 113 cm³/mol. The molecule has 0 radical (unpaired) electrons. The largest absolute Gasteiger partial charge is 0.503 e. The van der Waals surface area contributed by atoms with Crippen LogP contribution in [0, 0.1) is 13.8 Å². The number of thiazole rings is 1. The number of aliphatic hydroxyl groups is 1. The summed E-state index contributed by atoms with van der Waals surface area (Å²) < 4.78 is 5.28. The van der Waals surface area contributed by atoms with Crippen molar-refractivity contribution in [3.05, 3.63) is 81.3 Å². The summed E-state index contributed by atoms with van der Waals surface area (Å²) in [5.74, 6) is -1.12. The summed E-state index contributed by atoms with van der Waals surface area (Å²) in [6.07, 6.45) is 1.59. The Morgan fingerprint density at radius 1 is 1.20 bits per heavy atom. The average Bonchev–Trinajstić information content (AvgIpc) is 3.23. The molecule has 7 nitrogen and oxygen atoms in total. The van der Waals surface area contributed by atoms with Crippen LogP contribution < -0.4 is 9.64 Å². The van der Waals surface area contributed by atoms with Gasteiger partial charge >= 0.3 is 0 Å². The van der Waals surface area contributed by atoms with E-state index in [4.69, 9.17) is 4.74 Å². The second kappa shape index (κ2) is 7.72. The second-order valence-corrected chi connectivity index (χ2v) is 7.98. The van der Waals surface area contributed by atoms with Crippen molar-refractivity contribution in [2.45, 2.75) is 19.9 Å². The maximum Gasteiger partial charge on any atom is 0.294 e. The Hall–Kier alpha value is -3.52. The number of pyridine rings is 1. The van der Waals surface area contributed by atoms with Gasteiger partial charge in [0.25, 0.3) is 5.91 Å². The molecular weight excluding hydrogens is 402 g/mol. The lowest BCUT2D eigenvalue weighted by molar-refractivity contribution is -0.117. The molecule has 2 aromatic heterocycles. The van der Waals surface area contributed by atoms with Gasteiger partial charge in [0.05, 0.1) is 34.0 Å². The third-order valence-corrected chi connectivity index (χ3v) is 5.93. The normalized spacial score (nSPS) is 16.3. The fourth-order valence-corrected chi connectivity index (χ4v) is 4.42. The van der Waals surface area contributed by atoms with Gasteiger partial charge < -0.3 is 9.84 Å². The number of rotatable bonds is 5. The summed E-state index contributed by atoms with van der Waals surface area (Å²) in [6.45, 7) is 3.54. The summed E-state index contributed by atoms with van der Waals surface area (Å²) in [5.41, 5.74) is 1.52. The van der Waals surface area contributed by atoms with Crippen LogP contribution in [0.1, 0.15) is 32.1 Å². The van der Waals surface area contributed by atoms with Crippen molar-refractivity contribution in [3.63, 3.8) is 0 Å². The lowest BCUT2D eigenvalue weighted by Crippen LogP contribution is -2.31. The number of carbonyl (C=O) groups excluding carboxylic acids is 2. The van der Waals surface area contributed by atoms with Crippen LogP contribution in [-0.2, 0) is 4.79 Å². The first-order valence-corrected chi connectivity index (χ1v) is 10.0. The molecule has 0 fully saturated rings. The lowest BCUT2D eigenvalue weighted by atomic mass is 9.98. The van der Waals surface area contributed by atoms with E-state index in [0.29, 0.717) is 27.7 Å². The van der Waals surface area contributed by atoms with Gasteiger partial charge in [-0.3, -0.25) is 19.5 Å². The van der Waals surface area contributed by atoms with Crippen molar-refractivity contribution in [1.29, 1.82) is 0 Å². The fourth-order valence-electron chi connectivity index (χ4n) is 3.55. The minimum Gasteiger partial charge on any atom is -0.503 e. The van der Waals surface area contributed by atoms with E-state index < -0.39 is 23.5 Å². The van der Waals surface area contributed by atoms with E-state index in [9.17, 15) is 14.7 Å². The second-order valence-electron chi connectivity index (χ2n) is 6.77. The van der Waals surface area contributed by atoms with Crippen molar-refractivity contribution in [2.75, 3.05) is 12.0 Å². The molecule has 0 saturated carbocycles. The lowest BCUT2D eigenvalue weighted by Gasteiger charge is -2.26. The minimum absolute atomic E-state index is 0.00623. The van der Waals surface area contributed by atoms with E-state index >= 15 is 0 Å². The van der Waals surface area contributed by atoms with Crippen LogP contribution in [-0.4, -0.2) is 33.9 Å². The zero-order chi connectivity index (χ0) is 21.4. The molecular formula is C22H19N3O4S. The Morgan fingerprint density at radius 3 is 2.63 bits per heavy atom. The average molecular weight is 421 g/mol. The predicted octanol–water partition coefficient (Wildman–Crippen LogP) is 3.95. The van der Waals surface area contributed by atoms with E-state index in [1.165, 1.54) is 23.3 Å². The standard InChI is InChI=1S/C22H19N3O4S/c1-12-21(30-13(2)24-12)19(26)17-18(16-9-4-5-10-23-16)25(22(28)20(17)27)14-7-6-8-15(11-14)29-3/h4-11,18,27H,1-3H3. The number of ketones is 1. The molecule has 1 aromatic carbocycles. The zero-order valence-corrected chi connectivity index (χ0v) is 17.4. The highest BCUT2D eigenvalue weighted by molar-refractivity contribution is 7.14. The topological polar surface area (TPSA) is 92.6 Å². The molecule has 1 atom stereocenters. The SMILES string of the molecule is COc1cccc(N2C(=O)C(O)=C(C(=O)c3sc(C)nc3C)C2c2ccccn2)c1. The van der Waals surface area contributed by atoms with Crippen molar-refractivity contribution >= 4 is 28.7 Å². The van der Waals surface area contributed by atoms with Crippen molar-refractivity contribution < 1.29 is 19.4 Å². The van der Waals surface area contributed by atoms with Gasteiger partial charge in [-0.2, -0.15) is 0 Å². The number of aryl methyl sites for hydroxylation is 2. The number of aromatic nitrogens is 2. The van der Waals surface area contributed by atoms with Gasteiger partial charge in [-0.1, -0.05) is 12.1 Å². The van der Waals surface area contributed by atoms with Gasteiger partial charge in [-0.25, -0.2) is 4.98 Å². The molecule has 152 valence electrons. The van der Waals surface area contributed by atoms with E-state index in [0.717, 1.165) is 5.01 Å². The minimum atomic E-state index is -0.875. The van der Waals surface area contributed by atoms with Gasteiger partial charge in [0, 0.05) is 18.0 Å². The van der Waals surface area contributed by atoms with Crippen molar-refractivity contribution in [3.8, 4) is 5.75 Å². The Bertz CT molecular complexity index is 1170. The summed E-state index contributed by atoms with van der Waals surface area (Å²) in [6, 6.07) is 11.3. The van der Waals surface area contributed by atoms with Crippen LogP contribution in [0.25, 0.3) is 0 Å². The Kier molecular flexibility index (Phi) is 5.09. The number of aliphatic hydroxyl groups excluding tert-OH is 1. The molecule has 1 unspecified atom stereocenters. The molecule has 3 aromatic rings. The van der Waals surface area contributed by atoms with Crippen LogP contribution in [0.3, 0.4) is 0 Å². The quantitative estimate of drug-likeness (QED) is 0.627. The first kappa shape index (κ1) is 19.8. The molecule has 30 heavy (non-hydrogen) atoms. The highest BCUT2D eigenvalue weighted by Gasteiger charge is 2.46. The number of amides is 1. The van der Waals surface area contributed by atoms with Gasteiger partial charge in [0.1, 0.15) is 11.8 Å². The van der Waals surface area contributed by atoms with Crippen LogP contribution in [0.2, 0.25) is 0 Å². The summed E-state index contributed by atoms with van der Waals surface area (Å²) >= 11 is 1.24. The van der Waals surface area contributed by atoms with Crippen LogP contribution in [0.15, 0.2) is 60.0 Å². The van der Waals surface area contributed by atoms with E-state index in [-0.39, 0.29) is 5.57 Å². The van der Waals surface area contributed by atoms with Crippen LogP contribution in [0.5, 0.6) is 5.75 Å². The van der Waals surface area contributed by atoms with E-state index in [2.05, 4.69) is 9.97 Å². The summed E-state index contributed by atoms with van der Waals surface area (Å²) in [4.78, 5) is 37.0. The molecule has 1 aliphatic heterocycles. The molecule has 3 heterocycles. The first-order chi connectivity index (χ1) is 14.4. The van der Waals surface area contributed by atoms with E-state index in [1.807, 2.05) is 0 Å². The van der Waals surface area contributed by atoms with Gasteiger partial charge in [0.15, 0.2) is 5.76 Å². The number of nitrogens with zero attached hydrogens (tertiary/aromatic N) is 3. The number of benzene rings is 1. The highest BCUT2D eigenvalue weighted by atomic mass is 32.1. The zero-order valence-electron chi connectivity index (χ0n) is 16.6. The number of Topliss-reactive ketones (excluding diaryl/α,β-unsaturated/α-hetero) is 1. The number of ether oxygens (including phenoxy) is 1. The smallest absolute Gasteiger partial charge is 0.294 e. The third kappa shape index (κ3) is 3.25. The van der Waals surface area contributed by atoms with Gasteiger partial charge in [0.2, 0.25) is 5.78 Å². The van der Waals surface area contributed by atoms with Gasteiger partial charge in [-0.15, -0.1) is 11.3 Å². The molecule has 1 aliphatic rings. The van der Waals surface area contributed by atoms with Crippen molar-refractivity contribution in [1.82, 2.24) is 9.97 Å². The molecule has 4 rings (SSSR count). The number of carbonyl (C=O) groups is 2. The first-order valence-electron chi connectivity index (χ1n) is 9.22. The number of hydrogen-bond donors (Lipinski definition) is 1. The number of anilines is 1. The molecule has 0 saturated heterocycles. The maximum absolute atomic E-state index is 13.4. The fraction of sp³-hybridized carbons (Fsp3) is 0.182. The molecule has 1 amide bonds. The highest BCUT2D eigenvalue weighted by Crippen LogP contribution is 2.42. The molecule has 0 aliphatic carbocycles. The third-order valence-electron chi connectivity index (χ3n) is 4.86. The van der Waals surface area contributed by atoms with Crippen LogP contribution >= 0.6 is 11.3 Å². The summed E-state index contributed by atoms with van der Waals surface area (Å²) in [7, 11) is 1.53. The van der Waals surface area contributed by atoms with Crippen LogP contribution in [0.4, 0.5) is 5.69 Å². The van der Waals surface area contributed by atoms with Gasteiger partial charge in [-0.05, 0) is 38.1 Å². The molecule has 1 N–H and O–H groups in total. The number of hydrogen-bond acceptors (Lipinski definition) is 7.